The molecule has 8 nitrogen and oxygen atoms in total. The number of hydrogen-bond donors (Lipinski definition) is 3. The van der Waals surface area contributed by atoms with Crippen molar-refractivity contribution in [3.05, 3.63) is 70.1 Å². The van der Waals surface area contributed by atoms with Gasteiger partial charge in [0.1, 0.15) is 5.75 Å². The summed E-state index contributed by atoms with van der Waals surface area (Å²) in [5, 5.41) is 18.9. The van der Waals surface area contributed by atoms with Crippen LogP contribution in [0.3, 0.4) is 0 Å². The van der Waals surface area contributed by atoms with Crippen molar-refractivity contribution in [3.8, 4) is 28.3 Å². The highest BCUT2D eigenvalue weighted by Crippen LogP contribution is 2.27. The number of carbonyl (C=O) groups excluding carboxylic acids is 1. The van der Waals surface area contributed by atoms with E-state index in [1.165, 1.54) is 0 Å². The van der Waals surface area contributed by atoms with Crippen LogP contribution >= 0.6 is 0 Å². The molecule has 0 bridgehead atoms. The molecule has 4 rings (SSSR count). The number of phenolic OH excluding ortho intramolecular Hbond substituents is 1. The van der Waals surface area contributed by atoms with Crippen LogP contribution in [-0.2, 0) is 4.79 Å². The molecule has 0 unspecified atom stereocenters. The van der Waals surface area contributed by atoms with Crippen LogP contribution in [-0.4, -0.2) is 50.0 Å². The zero-order valence-electron chi connectivity index (χ0n) is 17.5. The molecule has 8 heteroatoms. The van der Waals surface area contributed by atoms with Gasteiger partial charge in [-0.15, -0.1) is 0 Å². The summed E-state index contributed by atoms with van der Waals surface area (Å²) in [6, 6.07) is 13.7. The number of nitrogens with zero attached hydrogens (tertiary/aromatic N) is 2. The number of piperidine rings is 1. The van der Waals surface area contributed by atoms with Crippen molar-refractivity contribution < 1.29 is 19.8 Å². The van der Waals surface area contributed by atoms with Crippen molar-refractivity contribution in [2.75, 3.05) is 13.1 Å². The molecule has 1 fully saturated rings. The lowest BCUT2D eigenvalue weighted by atomic mass is 9.96. The number of aryl methyl sites for hydroxylation is 1. The van der Waals surface area contributed by atoms with Gasteiger partial charge in [0.15, 0.2) is 0 Å². The number of nitrogens with one attached hydrogen (secondary N) is 1. The number of carboxylic acid groups (broad SMARTS) is 1. The Kier molecular flexibility index (Phi) is 5.77. The Hall–Kier alpha value is -3.94. The topological polar surface area (TPSA) is 124 Å². The molecule has 1 aliphatic rings. The maximum Gasteiger partial charge on any atom is 0.345 e. The Labute approximate surface area is 184 Å². The van der Waals surface area contributed by atoms with Crippen LogP contribution in [0.4, 0.5) is 0 Å². The van der Waals surface area contributed by atoms with Gasteiger partial charge in [-0.1, -0.05) is 12.1 Å². The molecule has 164 valence electrons. The summed E-state index contributed by atoms with van der Waals surface area (Å²) in [6.07, 6.45) is 0.873. The number of H-pyrrole nitrogens is 1. The second kappa shape index (κ2) is 8.66. The number of likely N-dealkylation sites (tertiary alicyclic amines) is 1. The monoisotopic (exact) mass is 433 g/mol. The van der Waals surface area contributed by atoms with Gasteiger partial charge in [-0.05, 0) is 67.3 Å². The molecular formula is C24H23N3O5. The van der Waals surface area contributed by atoms with E-state index in [-0.39, 0.29) is 11.7 Å². The molecule has 3 aromatic rings. The molecule has 0 radical (unpaired) electrons. The Morgan fingerprint density at radius 1 is 1.06 bits per heavy atom. The van der Waals surface area contributed by atoms with E-state index in [0.29, 0.717) is 54.0 Å². The molecule has 1 aromatic heterocycles. The molecule has 1 amide bonds. The minimum atomic E-state index is -0.820. The molecule has 0 spiro atoms. The van der Waals surface area contributed by atoms with Crippen molar-refractivity contribution >= 4 is 11.9 Å². The Balaban J connectivity index is 1.61. The smallest absolute Gasteiger partial charge is 0.345 e. The first-order valence-electron chi connectivity index (χ1n) is 10.4. The van der Waals surface area contributed by atoms with Gasteiger partial charge in [0, 0.05) is 24.2 Å². The lowest BCUT2D eigenvalue weighted by Crippen LogP contribution is -2.40. The summed E-state index contributed by atoms with van der Waals surface area (Å²) in [4.78, 5) is 44.8. The highest BCUT2D eigenvalue weighted by atomic mass is 16.4. The molecule has 0 atom stereocenters. The van der Waals surface area contributed by atoms with Gasteiger partial charge in [-0.3, -0.25) is 9.59 Å². The largest absolute Gasteiger partial charge is 0.508 e. The van der Waals surface area contributed by atoms with E-state index in [9.17, 15) is 19.5 Å². The number of aliphatic carboxylic acids is 1. The summed E-state index contributed by atoms with van der Waals surface area (Å²) in [6.45, 7) is 2.56. The lowest BCUT2D eigenvalue weighted by molar-refractivity contribution is -0.143. The maximum absolute atomic E-state index is 13.0. The molecule has 1 saturated heterocycles. The molecular weight excluding hydrogens is 410 g/mol. The number of hydrogen-bond acceptors (Lipinski definition) is 5. The minimum absolute atomic E-state index is 0.170. The number of carboxylic acids is 1. The van der Waals surface area contributed by atoms with Crippen molar-refractivity contribution in [3.63, 3.8) is 0 Å². The Morgan fingerprint density at radius 2 is 1.81 bits per heavy atom. The third-order valence-corrected chi connectivity index (χ3v) is 5.79. The highest BCUT2D eigenvalue weighted by Gasteiger charge is 2.27. The number of aromatic amines is 1. The van der Waals surface area contributed by atoms with E-state index in [0.717, 1.165) is 5.56 Å². The highest BCUT2D eigenvalue weighted by molar-refractivity contribution is 5.95. The minimum Gasteiger partial charge on any atom is -0.508 e. The quantitative estimate of drug-likeness (QED) is 0.581. The fraction of sp³-hybridized carbons (Fsp3) is 0.250. The molecule has 2 aromatic carbocycles. The molecule has 0 aliphatic carbocycles. The van der Waals surface area contributed by atoms with E-state index < -0.39 is 17.6 Å². The van der Waals surface area contributed by atoms with Crippen LogP contribution in [0.5, 0.6) is 5.75 Å². The predicted octanol–water partition coefficient (Wildman–Crippen LogP) is 3.05. The zero-order valence-corrected chi connectivity index (χ0v) is 17.5. The summed E-state index contributed by atoms with van der Waals surface area (Å²) >= 11 is 0. The summed E-state index contributed by atoms with van der Waals surface area (Å²) in [5.41, 5.74) is 2.95. The number of benzene rings is 2. The SMILES string of the molecule is Cc1cc(-c2cc(-c3cccc(C(=O)N4CCC(C(=O)O)CC4)c3)nc(=O)[nH]2)ccc1O. The van der Waals surface area contributed by atoms with E-state index >= 15 is 0 Å². The average Bonchev–Trinajstić information content (AvgIpc) is 2.80. The third-order valence-electron chi connectivity index (χ3n) is 5.79. The van der Waals surface area contributed by atoms with Gasteiger partial charge in [0.05, 0.1) is 17.3 Å². The number of rotatable bonds is 4. The zero-order chi connectivity index (χ0) is 22.8. The number of aromatic hydroxyl groups is 1. The Morgan fingerprint density at radius 3 is 2.50 bits per heavy atom. The van der Waals surface area contributed by atoms with Crippen LogP contribution in [0.15, 0.2) is 53.3 Å². The van der Waals surface area contributed by atoms with Crippen molar-refractivity contribution in [2.45, 2.75) is 19.8 Å². The lowest BCUT2D eigenvalue weighted by Gasteiger charge is -2.30. The fourth-order valence-corrected chi connectivity index (χ4v) is 3.91. The first kappa shape index (κ1) is 21.3. The van der Waals surface area contributed by atoms with Crippen molar-refractivity contribution in [1.82, 2.24) is 14.9 Å². The van der Waals surface area contributed by atoms with E-state index in [4.69, 9.17) is 5.11 Å². The van der Waals surface area contributed by atoms with Gasteiger partial charge in [0.25, 0.3) is 5.91 Å². The Bertz CT molecular complexity index is 1240. The second-order valence-corrected chi connectivity index (χ2v) is 7.97. The van der Waals surface area contributed by atoms with Gasteiger partial charge >= 0.3 is 11.7 Å². The predicted molar refractivity (Wildman–Crippen MR) is 118 cm³/mol. The number of amides is 1. The molecule has 3 N–H and O–H groups in total. The normalized spacial score (nSPS) is 14.3. The third kappa shape index (κ3) is 4.39. The first-order valence-corrected chi connectivity index (χ1v) is 10.4. The van der Waals surface area contributed by atoms with Crippen LogP contribution in [0.1, 0.15) is 28.8 Å². The molecule has 1 aliphatic heterocycles. The van der Waals surface area contributed by atoms with Crippen LogP contribution in [0, 0.1) is 12.8 Å². The number of carbonyl (C=O) groups is 2. The summed E-state index contributed by atoms with van der Waals surface area (Å²) in [7, 11) is 0. The van der Waals surface area contributed by atoms with Gasteiger partial charge in [-0.25, -0.2) is 4.79 Å². The van der Waals surface area contributed by atoms with E-state index in [1.807, 2.05) is 0 Å². The van der Waals surface area contributed by atoms with Crippen LogP contribution in [0.25, 0.3) is 22.5 Å². The number of phenols is 1. The van der Waals surface area contributed by atoms with Crippen LogP contribution in [0.2, 0.25) is 0 Å². The fourth-order valence-electron chi connectivity index (χ4n) is 3.91. The van der Waals surface area contributed by atoms with E-state index in [2.05, 4.69) is 9.97 Å². The molecule has 32 heavy (non-hydrogen) atoms. The summed E-state index contributed by atoms with van der Waals surface area (Å²) in [5.74, 6) is -1.23. The van der Waals surface area contributed by atoms with Gasteiger partial charge < -0.3 is 20.1 Å². The van der Waals surface area contributed by atoms with Crippen molar-refractivity contribution in [2.24, 2.45) is 5.92 Å². The van der Waals surface area contributed by atoms with Gasteiger partial charge in [0.2, 0.25) is 0 Å². The second-order valence-electron chi connectivity index (χ2n) is 7.97. The maximum atomic E-state index is 13.0. The van der Waals surface area contributed by atoms with Crippen molar-refractivity contribution in [1.29, 1.82) is 0 Å². The summed E-state index contributed by atoms with van der Waals surface area (Å²) < 4.78 is 0. The molecule has 0 saturated carbocycles. The van der Waals surface area contributed by atoms with Gasteiger partial charge in [-0.2, -0.15) is 4.98 Å². The van der Waals surface area contributed by atoms with Crippen LogP contribution < -0.4 is 5.69 Å². The first-order chi connectivity index (χ1) is 15.3. The average molecular weight is 433 g/mol. The molecule has 2 heterocycles. The number of aromatic nitrogens is 2. The van der Waals surface area contributed by atoms with E-state index in [1.54, 1.807) is 60.4 Å². The standard InChI is InChI=1S/C24H23N3O5/c1-14-11-17(5-6-21(14)28)20-13-19(25-24(32)26-20)16-3-2-4-18(12-16)22(29)27-9-7-15(8-10-27)23(30)31/h2-6,11-13,15,28H,7-10H2,1H3,(H,30,31)(H,25,26,32).